The van der Waals surface area contributed by atoms with Gasteiger partial charge in [-0.15, -0.1) is 0 Å². The van der Waals surface area contributed by atoms with Crippen LogP contribution in [0.2, 0.25) is 5.02 Å². The number of benzene rings is 2. The predicted molar refractivity (Wildman–Crippen MR) is 97.7 cm³/mol. The first-order chi connectivity index (χ1) is 14.4. The number of nitrogens with zero attached hydrogens (tertiary/aromatic N) is 1. The molecule has 0 aromatic heterocycles. The molecule has 2 rings (SSSR count). The van der Waals surface area contributed by atoms with Gasteiger partial charge in [0.1, 0.15) is 0 Å². The van der Waals surface area contributed by atoms with E-state index in [9.17, 15) is 44.3 Å². The molecule has 0 bridgehead atoms. The van der Waals surface area contributed by atoms with E-state index < -0.39 is 50.5 Å². The first-order valence-corrected chi connectivity index (χ1v) is 9.11. The number of carbonyl (C=O) groups excluding carboxylic acids is 1. The third-order valence-corrected chi connectivity index (χ3v) is 5.23. The molecule has 0 aliphatic rings. The van der Waals surface area contributed by atoms with Crippen molar-refractivity contribution in [3.63, 3.8) is 0 Å². The number of nitrogens with two attached hydrogens (primary N) is 1. The van der Waals surface area contributed by atoms with Crippen LogP contribution < -0.4 is 5.73 Å². The topological polar surface area (TPSA) is 66.9 Å². The van der Waals surface area contributed by atoms with E-state index >= 15 is 0 Å². The van der Waals surface area contributed by atoms with E-state index in [1.165, 1.54) is 0 Å². The molecular weight excluding hydrogens is 547 g/mol. The summed E-state index contributed by atoms with van der Waals surface area (Å²) in [6.07, 6.45) is -13.6. The van der Waals surface area contributed by atoms with Crippen LogP contribution in [-0.4, -0.2) is 24.2 Å². The Kier molecular flexibility index (Phi) is 6.57. The molecule has 0 radical (unpaired) electrons. The SMILES string of the molecule is N#Cc1ccc(C(N)=O)c(-c2c(Cl)cc(C(F)(C(F)(F)F)C(F)(F)C(F)(F)F)cc2Br)c1. The molecule has 0 spiro atoms. The van der Waals surface area contributed by atoms with Crippen molar-refractivity contribution in [3.05, 3.63) is 56.5 Å². The molecule has 0 heterocycles. The Morgan fingerprint density at radius 3 is 1.94 bits per heavy atom. The number of rotatable bonds is 4. The number of halogens is 11. The standard InChI is InChI=1S/C18H7BrClF9N2O/c19-11-4-8(15(21,17(24,25)26)16(22,23)18(27,28)29)5-12(20)13(11)10-3-7(6-30)1-2-9(10)14(31)32/h1-5H,(H2,31,32). The molecule has 2 N–H and O–H groups in total. The van der Waals surface area contributed by atoms with Crippen molar-refractivity contribution in [3.8, 4) is 17.2 Å². The monoisotopic (exact) mass is 552 g/mol. The highest BCUT2D eigenvalue weighted by Crippen LogP contribution is 2.59. The molecule has 1 amide bonds. The first kappa shape index (κ1) is 25.8. The minimum Gasteiger partial charge on any atom is -0.366 e. The van der Waals surface area contributed by atoms with Gasteiger partial charge in [-0.2, -0.15) is 40.4 Å². The zero-order valence-corrected chi connectivity index (χ0v) is 17.3. The van der Waals surface area contributed by atoms with Crippen molar-refractivity contribution in [1.29, 1.82) is 5.26 Å². The summed E-state index contributed by atoms with van der Waals surface area (Å²) in [5.41, 5.74) is -4.23. The Morgan fingerprint density at radius 1 is 0.969 bits per heavy atom. The largest absolute Gasteiger partial charge is 0.457 e. The fourth-order valence-electron chi connectivity index (χ4n) is 2.78. The number of primary amides is 1. The van der Waals surface area contributed by atoms with Gasteiger partial charge in [0.25, 0.3) is 0 Å². The second-order valence-corrected chi connectivity index (χ2v) is 7.54. The Balaban J connectivity index is 2.89. The zero-order valence-electron chi connectivity index (χ0n) is 15.0. The lowest BCUT2D eigenvalue weighted by Gasteiger charge is -2.36. The van der Waals surface area contributed by atoms with Crippen molar-refractivity contribution in [2.45, 2.75) is 23.9 Å². The molecule has 0 aliphatic heterocycles. The van der Waals surface area contributed by atoms with Gasteiger partial charge in [-0.3, -0.25) is 4.79 Å². The van der Waals surface area contributed by atoms with E-state index in [1.807, 2.05) is 0 Å². The van der Waals surface area contributed by atoms with Gasteiger partial charge in [-0.1, -0.05) is 27.5 Å². The Bertz CT molecular complexity index is 1100. The highest BCUT2D eigenvalue weighted by molar-refractivity contribution is 9.10. The molecule has 14 heteroatoms. The van der Waals surface area contributed by atoms with Gasteiger partial charge in [-0.25, -0.2) is 4.39 Å². The lowest BCUT2D eigenvalue weighted by molar-refractivity contribution is -0.389. The molecule has 0 saturated heterocycles. The number of alkyl halides is 9. The van der Waals surface area contributed by atoms with Crippen LogP contribution >= 0.6 is 27.5 Å². The maximum absolute atomic E-state index is 14.7. The highest BCUT2D eigenvalue weighted by Gasteiger charge is 2.81. The molecule has 0 fully saturated rings. The normalized spacial score (nSPS) is 14.6. The van der Waals surface area contributed by atoms with Gasteiger partial charge in [0.05, 0.1) is 11.6 Å². The van der Waals surface area contributed by atoms with Crippen LogP contribution in [0.15, 0.2) is 34.8 Å². The molecule has 1 atom stereocenters. The third-order valence-electron chi connectivity index (χ3n) is 4.30. The number of amides is 1. The van der Waals surface area contributed by atoms with E-state index in [0.29, 0.717) is 0 Å². The van der Waals surface area contributed by atoms with Gasteiger partial charge in [-0.05, 0) is 35.9 Å². The smallest absolute Gasteiger partial charge is 0.366 e. The Hall–Kier alpha value is -2.46. The molecule has 0 saturated carbocycles. The maximum Gasteiger partial charge on any atom is 0.457 e. The summed E-state index contributed by atoms with van der Waals surface area (Å²) in [5, 5.41) is 8.07. The van der Waals surface area contributed by atoms with E-state index in [2.05, 4.69) is 15.9 Å². The third kappa shape index (κ3) is 4.01. The lowest BCUT2D eigenvalue weighted by atomic mass is 9.86. The van der Waals surface area contributed by atoms with Crippen LogP contribution in [0.3, 0.4) is 0 Å². The molecule has 172 valence electrons. The average molecular weight is 554 g/mol. The van der Waals surface area contributed by atoms with Crippen LogP contribution in [0.5, 0.6) is 0 Å². The molecule has 3 nitrogen and oxygen atoms in total. The van der Waals surface area contributed by atoms with Gasteiger partial charge in [0, 0.05) is 26.2 Å². The second kappa shape index (κ2) is 8.15. The van der Waals surface area contributed by atoms with Gasteiger partial charge in [0.15, 0.2) is 0 Å². The van der Waals surface area contributed by atoms with Gasteiger partial charge >= 0.3 is 23.9 Å². The van der Waals surface area contributed by atoms with Crippen molar-refractivity contribution >= 4 is 33.4 Å². The van der Waals surface area contributed by atoms with Crippen LogP contribution in [0.4, 0.5) is 39.5 Å². The molecule has 0 aliphatic carbocycles. The zero-order chi connectivity index (χ0) is 24.9. The highest BCUT2D eigenvalue weighted by atomic mass is 79.9. The summed E-state index contributed by atoms with van der Waals surface area (Å²) in [7, 11) is 0. The van der Waals surface area contributed by atoms with Gasteiger partial charge < -0.3 is 5.73 Å². The summed E-state index contributed by atoms with van der Waals surface area (Å²) in [5.74, 6) is -7.97. The molecule has 1 unspecified atom stereocenters. The molecule has 2 aromatic carbocycles. The first-order valence-electron chi connectivity index (χ1n) is 7.94. The number of hydrogen-bond acceptors (Lipinski definition) is 2. The fraction of sp³-hybridized carbons (Fsp3) is 0.222. The molecule has 2 aromatic rings. The van der Waals surface area contributed by atoms with Crippen LogP contribution in [0.1, 0.15) is 21.5 Å². The Labute approximate surface area is 186 Å². The van der Waals surface area contributed by atoms with Crippen molar-refractivity contribution < 1.29 is 44.3 Å². The molecule has 32 heavy (non-hydrogen) atoms. The summed E-state index contributed by atoms with van der Waals surface area (Å²) < 4.78 is 119. The number of carbonyl (C=O) groups is 1. The maximum atomic E-state index is 14.7. The van der Waals surface area contributed by atoms with E-state index in [0.717, 1.165) is 18.2 Å². The Morgan fingerprint density at radius 2 is 1.53 bits per heavy atom. The van der Waals surface area contributed by atoms with Crippen molar-refractivity contribution in [2.75, 3.05) is 0 Å². The summed E-state index contributed by atoms with van der Waals surface area (Å²) in [6, 6.07) is 4.87. The van der Waals surface area contributed by atoms with Crippen molar-refractivity contribution in [1.82, 2.24) is 0 Å². The summed E-state index contributed by atoms with van der Waals surface area (Å²) >= 11 is 8.50. The van der Waals surface area contributed by atoms with Crippen LogP contribution in [0, 0.1) is 11.3 Å². The summed E-state index contributed by atoms with van der Waals surface area (Å²) in [6.45, 7) is 0. The minimum absolute atomic E-state index is 0.0260. The number of hydrogen-bond donors (Lipinski definition) is 1. The fourth-order valence-corrected chi connectivity index (χ4v) is 3.89. The van der Waals surface area contributed by atoms with Gasteiger partial charge in [0.2, 0.25) is 5.91 Å². The molecular formula is C18H7BrClF9N2O. The quantitative estimate of drug-likeness (QED) is 0.430. The van der Waals surface area contributed by atoms with E-state index in [1.54, 1.807) is 6.07 Å². The number of nitriles is 1. The van der Waals surface area contributed by atoms with Crippen LogP contribution in [-0.2, 0) is 5.67 Å². The predicted octanol–water partition coefficient (Wildman–Crippen LogP) is 6.66. The summed E-state index contributed by atoms with van der Waals surface area (Å²) in [4.78, 5) is 11.7. The minimum atomic E-state index is -6.91. The van der Waals surface area contributed by atoms with Crippen molar-refractivity contribution in [2.24, 2.45) is 5.73 Å². The average Bonchev–Trinajstić information content (AvgIpc) is 2.64. The second-order valence-electron chi connectivity index (χ2n) is 6.28. The van der Waals surface area contributed by atoms with E-state index in [4.69, 9.17) is 22.6 Å². The van der Waals surface area contributed by atoms with E-state index in [-0.39, 0.29) is 28.8 Å². The van der Waals surface area contributed by atoms with Crippen LogP contribution in [0.25, 0.3) is 11.1 Å². The lowest BCUT2D eigenvalue weighted by Crippen LogP contribution is -2.59.